The van der Waals surface area contributed by atoms with Crippen LogP contribution in [0.5, 0.6) is 0 Å². The number of anilines is 1. The van der Waals surface area contributed by atoms with Gasteiger partial charge in [0.25, 0.3) is 0 Å². The molecular formula is C22H27N3O2. The van der Waals surface area contributed by atoms with E-state index in [0.29, 0.717) is 0 Å². The molecule has 0 saturated heterocycles. The third-order valence-electron chi connectivity index (χ3n) is 5.26. The number of nitrogens with one attached hydrogen (secondary N) is 2. The quantitative estimate of drug-likeness (QED) is 0.857. The van der Waals surface area contributed by atoms with Crippen molar-refractivity contribution in [2.45, 2.75) is 39.8 Å². The standard InChI is InChI=1S/C22H27N3O2/c1-15-7-6-8-16(2)21(15)24-20(26)13-23-22(27)17(3)25-12-11-18-9-4-5-10-19(18)14-25/h4-10,17H,11-14H2,1-3H3,(H,23,27)(H,24,26)/t17-/m0/s1. The van der Waals surface area contributed by atoms with Crippen LogP contribution in [0, 0.1) is 13.8 Å². The molecule has 1 aliphatic rings. The molecule has 2 aromatic carbocycles. The van der Waals surface area contributed by atoms with E-state index in [1.807, 2.05) is 45.0 Å². The number of hydrogen-bond acceptors (Lipinski definition) is 3. The van der Waals surface area contributed by atoms with Crippen molar-refractivity contribution in [2.24, 2.45) is 0 Å². The van der Waals surface area contributed by atoms with Gasteiger partial charge in [-0.1, -0.05) is 42.5 Å². The molecule has 1 aliphatic heterocycles. The van der Waals surface area contributed by atoms with Crippen LogP contribution in [-0.4, -0.2) is 35.8 Å². The zero-order valence-corrected chi connectivity index (χ0v) is 16.2. The maximum atomic E-state index is 12.5. The van der Waals surface area contributed by atoms with Crippen molar-refractivity contribution in [3.63, 3.8) is 0 Å². The van der Waals surface area contributed by atoms with Crippen LogP contribution < -0.4 is 10.6 Å². The lowest BCUT2D eigenvalue weighted by atomic mass is 9.99. The number of benzene rings is 2. The van der Waals surface area contributed by atoms with Crippen molar-refractivity contribution in [3.8, 4) is 0 Å². The average Bonchev–Trinajstić information content (AvgIpc) is 2.68. The van der Waals surface area contributed by atoms with Crippen LogP contribution in [0.3, 0.4) is 0 Å². The number of fused-ring (bicyclic) bond motifs is 1. The number of amides is 2. The fourth-order valence-corrected chi connectivity index (χ4v) is 3.52. The number of aryl methyl sites for hydroxylation is 2. The highest BCUT2D eigenvalue weighted by molar-refractivity contribution is 5.96. The Hall–Kier alpha value is -2.66. The van der Waals surface area contributed by atoms with E-state index in [2.05, 4.69) is 33.7 Å². The fraction of sp³-hybridized carbons (Fsp3) is 0.364. The topological polar surface area (TPSA) is 61.4 Å². The van der Waals surface area contributed by atoms with Crippen molar-refractivity contribution in [3.05, 3.63) is 64.7 Å². The summed E-state index contributed by atoms with van der Waals surface area (Å²) in [5.41, 5.74) is 5.47. The summed E-state index contributed by atoms with van der Waals surface area (Å²) >= 11 is 0. The minimum absolute atomic E-state index is 0.0264. The van der Waals surface area contributed by atoms with E-state index >= 15 is 0 Å². The SMILES string of the molecule is Cc1cccc(C)c1NC(=O)CNC(=O)[C@H](C)N1CCc2ccccc2C1. The zero-order chi connectivity index (χ0) is 19.4. The average molecular weight is 365 g/mol. The number of para-hydroxylation sites is 1. The molecule has 0 radical (unpaired) electrons. The van der Waals surface area contributed by atoms with Crippen LogP contribution >= 0.6 is 0 Å². The Kier molecular flexibility index (Phi) is 5.91. The Morgan fingerprint density at radius 3 is 2.41 bits per heavy atom. The van der Waals surface area contributed by atoms with Crippen molar-refractivity contribution in [1.82, 2.24) is 10.2 Å². The molecule has 1 atom stereocenters. The number of carbonyl (C=O) groups excluding carboxylic acids is 2. The van der Waals surface area contributed by atoms with Gasteiger partial charge in [-0.05, 0) is 49.4 Å². The summed E-state index contributed by atoms with van der Waals surface area (Å²) in [6.45, 7) is 7.39. The highest BCUT2D eigenvalue weighted by Crippen LogP contribution is 2.21. The van der Waals surface area contributed by atoms with Crippen LogP contribution in [0.15, 0.2) is 42.5 Å². The summed E-state index contributed by atoms with van der Waals surface area (Å²) in [4.78, 5) is 26.9. The minimum Gasteiger partial charge on any atom is -0.346 e. The molecule has 2 N–H and O–H groups in total. The van der Waals surface area contributed by atoms with E-state index in [-0.39, 0.29) is 24.4 Å². The van der Waals surface area contributed by atoms with Gasteiger partial charge < -0.3 is 10.6 Å². The summed E-state index contributed by atoms with van der Waals surface area (Å²) in [5.74, 6) is -0.331. The largest absolute Gasteiger partial charge is 0.346 e. The molecule has 1 heterocycles. The molecule has 2 amide bonds. The van der Waals surface area contributed by atoms with Crippen molar-refractivity contribution < 1.29 is 9.59 Å². The van der Waals surface area contributed by atoms with E-state index in [4.69, 9.17) is 0 Å². The second-order valence-electron chi connectivity index (χ2n) is 7.20. The number of nitrogens with zero attached hydrogens (tertiary/aromatic N) is 1. The maximum absolute atomic E-state index is 12.5. The van der Waals surface area contributed by atoms with Gasteiger partial charge in [-0.2, -0.15) is 0 Å². The zero-order valence-electron chi connectivity index (χ0n) is 16.2. The fourth-order valence-electron chi connectivity index (χ4n) is 3.52. The Bertz CT molecular complexity index is 827. The minimum atomic E-state index is -0.272. The highest BCUT2D eigenvalue weighted by Gasteiger charge is 2.25. The van der Waals surface area contributed by atoms with Gasteiger partial charge in [-0.15, -0.1) is 0 Å². The van der Waals surface area contributed by atoms with Gasteiger partial charge in [0.05, 0.1) is 12.6 Å². The van der Waals surface area contributed by atoms with Gasteiger partial charge in [0.2, 0.25) is 11.8 Å². The highest BCUT2D eigenvalue weighted by atomic mass is 16.2. The molecule has 0 spiro atoms. The van der Waals surface area contributed by atoms with Crippen LogP contribution in [0.25, 0.3) is 0 Å². The first kappa shape index (κ1) is 19.1. The number of carbonyl (C=O) groups is 2. The third-order valence-corrected chi connectivity index (χ3v) is 5.26. The van der Waals surface area contributed by atoms with Gasteiger partial charge in [0, 0.05) is 18.8 Å². The van der Waals surface area contributed by atoms with Crippen LogP contribution in [0.2, 0.25) is 0 Å². The molecule has 0 saturated carbocycles. The molecule has 5 heteroatoms. The molecule has 0 bridgehead atoms. The van der Waals surface area contributed by atoms with Crippen LogP contribution in [-0.2, 0) is 22.6 Å². The molecule has 142 valence electrons. The molecule has 27 heavy (non-hydrogen) atoms. The van der Waals surface area contributed by atoms with E-state index < -0.39 is 0 Å². The molecule has 0 unspecified atom stereocenters. The van der Waals surface area contributed by atoms with E-state index in [1.54, 1.807) is 0 Å². The predicted molar refractivity (Wildman–Crippen MR) is 108 cm³/mol. The van der Waals surface area contributed by atoms with Gasteiger partial charge in [0.1, 0.15) is 0 Å². The molecular weight excluding hydrogens is 338 g/mol. The van der Waals surface area contributed by atoms with Gasteiger partial charge >= 0.3 is 0 Å². The van der Waals surface area contributed by atoms with Gasteiger partial charge in [-0.25, -0.2) is 0 Å². The third kappa shape index (κ3) is 4.55. The lowest BCUT2D eigenvalue weighted by Gasteiger charge is -2.32. The molecule has 2 aromatic rings. The molecule has 3 rings (SSSR count). The number of hydrogen-bond donors (Lipinski definition) is 2. The van der Waals surface area contributed by atoms with E-state index in [1.165, 1.54) is 11.1 Å². The van der Waals surface area contributed by atoms with E-state index in [0.717, 1.165) is 36.3 Å². The maximum Gasteiger partial charge on any atom is 0.243 e. The first-order chi connectivity index (χ1) is 13.0. The summed E-state index contributed by atoms with van der Waals surface area (Å²) in [5, 5.41) is 5.67. The molecule has 0 fully saturated rings. The van der Waals surface area contributed by atoms with E-state index in [9.17, 15) is 9.59 Å². The van der Waals surface area contributed by atoms with Crippen molar-refractivity contribution >= 4 is 17.5 Å². The number of rotatable bonds is 5. The Morgan fingerprint density at radius 2 is 1.70 bits per heavy atom. The summed E-state index contributed by atoms with van der Waals surface area (Å²) in [6.07, 6.45) is 0.945. The summed E-state index contributed by atoms with van der Waals surface area (Å²) in [7, 11) is 0. The first-order valence-corrected chi connectivity index (χ1v) is 9.40. The lowest BCUT2D eigenvalue weighted by Crippen LogP contribution is -2.48. The molecule has 0 aliphatic carbocycles. The second-order valence-corrected chi connectivity index (χ2v) is 7.20. The molecule has 0 aromatic heterocycles. The first-order valence-electron chi connectivity index (χ1n) is 9.40. The lowest BCUT2D eigenvalue weighted by molar-refractivity contribution is -0.128. The summed E-state index contributed by atoms with van der Waals surface area (Å²) < 4.78 is 0. The smallest absolute Gasteiger partial charge is 0.243 e. The Morgan fingerprint density at radius 1 is 1.04 bits per heavy atom. The normalized spacial score (nSPS) is 14.9. The van der Waals surface area contributed by atoms with Gasteiger partial charge in [-0.3, -0.25) is 14.5 Å². The van der Waals surface area contributed by atoms with Crippen molar-refractivity contribution in [1.29, 1.82) is 0 Å². The van der Waals surface area contributed by atoms with Crippen molar-refractivity contribution in [2.75, 3.05) is 18.4 Å². The molecule has 5 nitrogen and oxygen atoms in total. The second kappa shape index (κ2) is 8.35. The van der Waals surface area contributed by atoms with Gasteiger partial charge in [0.15, 0.2) is 0 Å². The van der Waals surface area contributed by atoms with Crippen LogP contribution in [0.4, 0.5) is 5.69 Å². The predicted octanol–water partition coefficient (Wildman–Crippen LogP) is 2.80. The van der Waals surface area contributed by atoms with Crippen LogP contribution in [0.1, 0.15) is 29.2 Å². The summed E-state index contributed by atoms with van der Waals surface area (Å²) in [6, 6.07) is 13.9. The monoisotopic (exact) mass is 365 g/mol. The Balaban J connectivity index is 1.52. The Labute approximate surface area is 160 Å².